The van der Waals surface area contributed by atoms with E-state index in [2.05, 4.69) is 15.3 Å². The number of carbonyl (C=O) groups excluding carboxylic acids is 2. The molecule has 1 aromatic rings. The summed E-state index contributed by atoms with van der Waals surface area (Å²) in [6, 6.07) is 1.60. The summed E-state index contributed by atoms with van der Waals surface area (Å²) in [7, 11) is 1.50. The number of nitrogens with one attached hydrogen (secondary N) is 1. The van der Waals surface area contributed by atoms with Gasteiger partial charge in [0, 0.05) is 44.6 Å². The van der Waals surface area contributed by atoms with Crippen LogP contribution in [-0.4, -0.2) is 59.0 Å². The van der Waals surface area contributed by atoms with Gasteiger partial charge in [0.05, 0.1) is 7.11 Å². The van der Waals surface area contributed by atoms with Gasteiger partial charge in [-0.25, -0.2) is 4.98 Å². The lowest BCUT2D eigenvalue weighted by atomic mass is 10.1. The fourth-order valence-electron chi connectivity index (χ4n) is 2.87. The monoisotopic (exact) mass is 320 g/mol. The quantitative estimate of drug-likeness (QED) is 0.848. The van der Waals surface area contributed by atoms with Crippen LogP contribution in [0.5, 0.6) is 11.9 Å². The fourth-order valence-corrected chi connectivity index (χ4v) is 2.87. The van der Waals surface area contributed by atoms with E-state index in [1.165, 1.54) is 7.11 Å². The van der Waals surface area contributed by atoms with Crippen LogP contribution in [0.3, 0.4) is 0 Å². The minimum Gasteiger partial charge on any atom is -0.474 e. The maximum absolute atomic E-state index is 12.3. The van der Waals surface area contributed by atoms with Gasteiger partial charge < -0.3 is 19.7 Å². The number of hydrogen-bond donors (Lipinski definition) is 1. The summed E-state index contributed by atoms with van der Waals surface area (Å²) < 4.78 is 10.8. The van der Waals surface area contributed by atoms with Crippen LogP contribution in [0, 0.1) is 0 Å². The van der Waals surface area contributed by atoms with Crippen LogP contribution in [0.15, 0.2) is 12.3 Å². The molecule has 3 heterocycles. The van der Waals surface area contributed by atoms with Gasteiger partial charge >= 0.3 is 6.01 Å². The molecule has 8 heteroatoms. The second-order valence-electron chi connectivity index (χ2n) is 5.68. The molecular formula is C15H20N4O4. The number of rotatable bonds is 4. The molecular weight excluding hydrogens is 300 g/mol. The average molecular weight is 320 g/mol. The van der Waals surface area contributed by atoms with Crippen molar-refractivity contribution in [3.63, 3.8) is 0 Å². The van der Waals surface area contributed by atoms with E-state index >= 15 is 0 Å². The molecule has 1 N–H and O–H groups in total. The Balaban J connectivity index is 1.50. The Morgan fingerprint density at radius 1 is 1.35 bits per heavy atom. The van der Waals surface area contributed by atoms with Gasteiger partial charge in [0.2, 0.25) is 17.7 Å². The van der Waals surface area contributed by atoms with Crippen molar-refractivity contribution >= 4 is 11.8 Å². The van der Waals surface area contributed by atoms with E-state index in [1.54, 1.807) is 17.2 Å². The third-order valence-electron chi connectivity index (χ3n) is 4.12. The van der Waals surface area contributed by atoms with Gasteiger partial charge in [-0.2, -0.15) is 4.98 Å². The number of piperidine rings is 1. The summed E-state index contributed by atoms with van der Waals surface area (Å²) in [5.74, 6) is 0.446. The zero-order valence-corrected chi connectivity index (χ0v) is 13.0. The molecule has 1 unspecified atom stereocenters. The second kappa shape index (κ2) is 6.80. The molecule has 3 rings (SSSR count). The zero-order valence-electron chi connectivity index (χ0n) is 13.0. The van der Waals surface area contributed by atoms with Gasteiger partial charge in [0.15, 0.2) is 0 Å². The van der Waals surface area contributed by atoms with Gasteiger partial charge in [0.1, 0.15) is 12.1 Å². The van der Waals surface area contributed by atoms with E-state index in [9.17, 15) is 9.59 Å². The van der Waals surface area contributed by atoms with Crippen molar-refractivity contribution in [3.05, 3.63) is 12.3 Å². The average Bonchev–Trinajstić information content (AvgIpc) is 3.01. The summed E-state index contributed by atoms with van der Waals surface area (Å²) in [6.45, 7) is 1.25. The summed E-state index contributed by atoms with van der Waals surface area (Å²) >= 11 is 0. The van der Waals surface area contributed by atoms with Crippen molar-refractivity contribution in [2.24, 2.45) is 0 Å². The molecule has 2 fully saturated rings. The van der Waals surface area contributed by atoms with Crippen LogP contribution in [0.2, 0.25) is 0 Å². The van der Waals surface area contributed by atoms with Gasteiger partial charge in [-0.3, -0.25) is 9.59 Å². The highest BCUT2D eigenvalue weighted by Gasteiger charge is 2.33. The van der Waals surface area contributed by atoms with Crippen molar-refractivity contribution in [1.82, 2.24) is 20.2 Å². The first-order valence-electron chi connectivity index (χ1n) is 7.77. The lowest BCUT2D eigenvalue weighted by Crippen LogP contribution is -2.49. The molecule has 8 nitrogen and oxygen atoms in total. The molecule has 2 aliphatic rings. The number of likely N-dealkylation sites (tertiary alicyclic amines) is 1. The van der Waals surface area contributed by atoms with E-state index in [4.69, 9.17) is 9.47 Å². The maximum atomic E-state index is 12.3. The second-order valence-corrected chi connectivity index (χ2v) is 5.68. The first-order chi connectivity index (χ1) is 11.2. The van der Waals surface area contributed by atoms with E-state index < -0.39 is 0 Å². The molecule has 23 heavy (non-hydrogen) atoms. The maximum Gasteiger partial charge on any atom is 0.319 e. The lowest BCUT2D eigenvalue weighted by molar-refractivity contribution is -0.136. The van der Waals surface area contributed by atoms with Crippen molar-refractivity contribution in [3.8, 4) is 11.9 Å². The Labute approximate surface area is 134 Å². The first kappa shape index (κ1) is 15.5. The predicted molar refractivity (Wildman–Crippen MR) is 80.0 cm³/mol. The Morgan fingerprint density at radius 2 is 2.13 bits per heavy atom. The molecule has 2 aliphatic heterocycles. The minimum atomic E-state index is -0.355. The van der Waals surface area contributed by atoms with Crippen molar-refractivity contribution in [2.45, 2.75) is 37.8 Å². The number of ether oxygens (including phenoxy) is 2. The lowest BCUT2D eigenvalue weighted by Gasteiger charge is -2.33. The van der Waals surface area contributed by atoms with Crippen LogP contribution in [0.25, 0.3) is 0 Å². The molecule has 1 aromatic heterocycles. The highest BCUT2D eigenvalue weighted by Crippen LogP contribution is 2.20. The van der Waals surface area contributed by atoms with Gasteiger partial charge in [-0.05, 0) is 6.42 Å². The molecule has 0 spiro atoms. The third-order valence-corrected chi connectivity index (χ3v) is 4.12. The summed E-state index contributed by atoms with van der Waals surface area (Å²) in [5, 5.41) is 2.72. The van der Waals surface area contributed by atoms with Gasteiger partial charge in [0.25, 0.3) is 0 Å². The molecule has 0 bridgehead atoms. The molecule has 0 radical (unpaired) electrons. The van der Waals surface area contributed by atoms with E-state index in [-0.39, 0.29) is 30.0 Å². The molecule has 0 aromatic carbocycles. The normalized spacial score (nSPS) is 21.9. The Morgan fingerprint density at radius 3 is 2.78 bits per heavy atom. The standard InChI is InChI=1S/C15H20N4O4/c1-22-15-16-7-4-13(18-15)23-10-5-8-19(9-6-10)14(21)11-2-3-12(20)17-11/h4,7,10-11H,2-3,5-6,8-9H2,1H3,(H,17,20). The van der Waals surface area contributed by atoms with Crippen LogP contribution in [-0.2, 0) is 9.59 Å². The Kier molecular flexibility index (Phi) is 4.59. The van der Waals surface area contributed by atoms with Gasteiger partial charge in [-0.1, -0.05) is 0 Å². The van der Waals surface area contributed by atoms with E-state index in [0.717, 1.165) is 12.8 Å². The zero-order chi connectivity index (χ0) is 16.2. The van der Waals surface area contributed by atoms with Gasteiger partial charge in [-0.15, -0.1) is 0 Å². The van der Waals surface area contributed by atoms with E-state index in [1.807, 2.05) is 0 Å². The topological polar surface area (TPSA) is 93.7 Å². The first-order valence-corrected chi connectivity index (χ1v) is 7.77. The highest BCUT2D eigenvalue weighted by molar-refractivity contribution is 5.90. The Bertz CT molecular complexity index is 587. The van der Waals surface area contributed by atoms with Crippen LogP contribution in [0.1, 0.15) is 25.7 Å². The SMILES string of the molecule is COc1nccc(OC2CCN(C(=O)C3CCC(=O)N3)CC2)n1. The number of nitrogens with zero attached hydrogens (tertiary/aromatic N) is 3. The summed E-state index contributed by atoms with van der Waals surface area (Å²) in [4.78, 5) is 33.4. The predicted octanol–water partition coefficient (Wildman–Crippen LogP) is 0.134. The third kappa shape index (κ3) is 3.69. The molecule has 2 saturated heterocycles. The molecule has 0 aliphatic carbocycles. The fraction of sp³-hybridized carbons (Fsp3) is 0.600. The largest absolute Gasteiger partial charge is 0.474 e. The number of amides is 2. The van der Waals surface area contributed by atoms with Crippen molar-refractivity contribution in [2.75, 3.05) is 20.2 Å². The Hall–Kier alpha value is -2.38. The van der Waals surface area contributed by atoms with Crippen LogP contribution < -0.4 is 14.8 Å². The smallest absolute Gasteiger partial charge is 0.319 e. The van der Waals surface area contributed by atoms with Crippen LogP contribution in [0.4, 0.5) is 0 Å². The molecule has 0 saturated carbocycles. The minimum absolute atomic E-state index is 0.0109. The van der Waals surface area contributed by atoms with Crippen molar-refractivity contribution < 1.29 is 19.1 Å². The number of methoxy groups -OCH3 is 1. The molecule has 124 valence electrons. The molecule has 2 amide bonds. The number of aromatic nitrogens is 2. The number of carbonyl (C=O) groups is 2. The van der Waals surface area contributed by atoms with Crippen molar-refractivity contribution in [1.29, 1.82) is 0 Å². The number of hydrogen-bond acceptors (Lipinski definition) is 6. The summed E-state index contributed by atoms with van der Waals surface area (Å²) in [6.07, 6.45) is 4.09. The summed E-state index contributed by atoms with van der Waals surface area (Å²) in [5.41, 5.74) is 0. The van der Waals surface area contributed by atoms with E-state index in [0.29, 0.717) is 31.8 Å². The molecule has 1 atom stereocenters. The van der Waals surface area contributed by atoms with Crippen LogP contribution >= 0.6 is 0 Å². The highest BCUT2D eigenvalue weighted by atomic mass is 16.5.